The summed E-state index contributed by atoms with van der Waals surface area (Å²) in [7, 11) is 0. The summed E-state index contributed by atoms with van der Waals surface area (Å²) in [5.41, 5.74) is -0.496. The molecule has 2 rings (SSSR count). The highest BCUT2D eigenvalue weighted by atomic mass is 19.4. The summed E-state index contributed by atoms with van der Waals surface area (Å²) in [4.78, 5) is 14.0. The summed E-state index contributed by atoms with van der Waals surface area (Å²) < 4.78 is 38.0. The van der Waals surface area contributed by atoms with Gasteiger partial charge < -0.3 is 10.4 Å². The van der Waals surface area contributed by atoms with Gasteiger partial charge in [-0.15, -0.1) is 0 Å². The number of aromatic nitrogens is 1. The third-order valence-corrected chi connectivity index (χ3v) is 3.36. The number of aliphatic hydroxyl groups excluding tert-OH is 1. The van der Waals surface area contributed by atoms with Crippen LogP contribution in [0.25, 0.3) is 0 Å². The summed E-state index contributed by atoms with van der Waals surface area (Å²) >= 11 is 0. The van der Waals surface area contributed by atoms with Crippen molar-refractivity contribution >= 4 is 11.5 Å². The van der Waals surface area contributed by atoms with Crippen LogP contribution in [-0.2, 0) is 6.18 Å². The van der Waals surface area contributed by atoms with Crippen molar-refractivity contribution in [2.24, 2.45) is 0 Å². The standard InChI is InChI=1S/C15H14F3N3O3/c1-9-5-14(19-7-12(9)21(23)24)20-8-13(22)10-3-2-4-11(6-10)15(16,17)18/h2-7,13,22H,8H2,1H3,(H,19,20). The number of alkyl halides is 3. The van der Waals surface area contributed by atoms with E-state index in [4.69, 9.17) is 0 Å². The molecule has 1 aromatic carbocycles. The van der Waals surface area contributed by atoms with Gasteiger partial charge in [-0.3, -0.25) is 10.1 Å². The van der Waals surface area contributed by atoms with E-state index >= 15 is 0 Å². The van der Waals surface area contributed by atoms with Crippen molar-refractivity contribution < 1.29 is 23.2 Å². The topological polar surface area (TPSA) is 88.3 Å². The Labute approximate surface area is 135 Å². The summed E-state index contributed by atoms with van der Waals surface area (Å²) in [6, 6.07) is 5.83. The van der Waals surface area contributed by atoms with Crippen molar-refractivity contribution in [1.82, 2.24) is 4.98 Å². The van der Waals surface area contributed by atoms with E-state index in [1.807, 2.05) is 0 Å². The summed E-state index contributed by atoms with van der Waals surface area (Å²) in [5, 5.41) is 23.5. The second kappa shape index (κ2) is 6.83. The van der Waals surface area contributed by atoms with E-state index in [0.29, 0.717) is 5.56 Å². The van der Waals surface area contributed by atoms with Crippen LogP contribution in [0.1, 0.15) is 22.8 Å². The van der Waals surface area contributed by atoms with Gasteiger partial charge >= 0.3 is 6.18 Å². The van der Waals surface area contributed by atoms with Gasteiger partial charge in [0.2, 0.25) is 0 Å². The molecule has 0 radical (unpaired) electrons. The Kier molecular flexibility index (Phi) is 5.03. The third kappa shape index (κ3) is 4.19. The van der Waals surface area contributed by atoms with Gasteiger partial charge in [-0.05, 0) is 30.7 Å². The normalized spacial score (nSPS) is 12.7. The highest BCUT2D eigenvalue weighted by Gasteiger charge is 2.30. The second-order valence-electron chi connectivity index (χ2n) is 5.13. The average molecular weight is 341 g/mol. The number of hydrogen-bond acceptors (Lipinski definition) is 5. The molecule has 0 aliphatic rings. The van der Waals surface area contributed by atoms with Crippen molar-refractivity contribution in [1.29, 1.82) is 0 Å². The van der Waals surface area contributed by atoms with Gasteiger partial charge in [-0.1, -0.05) is 12.1 Å². The first kappa shape index (κ1) is 17.7. The Bertz CT molecular complexity index is 750. The molecular formula is C15H14F3N3O3. The fourth-order valence-corrected chi connectivity index (χ4v) is 2.08. The lowest BCUT2D eigenvalue weighted by molar-refractivity contribution is -0.385. The number of nitrogens with zero attached hydrogens (tertiary/aromatic N) is 2. The van der Waals surface area contributed by atoms with E-state index in [1.54, 1.807) is 0 Å². The maximum atomic E-state index is 12.7. The van der Waals surface area contributed by atoms with Gasteiger partial charge in [0.15, 0.2) is 0 Å². The van der Waals surface area contributed by atoms with Crippen molar-refractivity contribution in [2.75, 3.05) is 11.9 Å². The van der Waals surface area contributed by atoms with Gasteiger partial charge in [0.25, 0.3) is 5.69 Å². The minimum atomic E-state index is -4.49. The summed E-state index contributed by atoms with van der Waals surface area (Å²) in [6.45, 7) is 1.44. The zero-order valence-corrected chi connectivity index (χ0v) is 12.5. The number of benzene rings is 1. The Hall–Kier alpha value is -2.68. The molecule has 0 aliphatic carbocycles. The maximum absolute atomic E-state index is 12.7. The smallest absolute Gasteiger partial charge is 0.387 e. The van der Waals surface area contributed by atoms with Crippen molar-refractivity contribution in [2.45, 2.75) is 19.2 Å². The van der Waals surface area contributed by atoms with Gasteiger partial charge in [0, 0.05) is 12.1 Å². The van der Waals surface area contributed by atoms with Gasteiger partial charge in [-0.2, -0.15) is 13.2 Å². The molecule has 0 saturated heterocycles. The number of rotatable bonds is 5. The van der Waals surface area contributed by atoms with E-state index in [-0.39, 0.29) is 23.6 Å². The molecular weight excluding hydrogens is 327 g/mol. The largest absolute Gasteiger partial charge is 0.416 e. The van der Waals surface area contributed by atoms with Crippen LogP contribution in [0.3, 0.4) is 0 Å². The molecule has 1 aromatic heterocycles. The number of halogens is 3. The average Bonchev–Trinajstić information content (AvgIpc) is 2.51. The fourth-order valence-electron chi connectivity index (χ4n) is 2.08. The number of aliphatic hydroxyl groups is 1. The molecule has 0 spiro atoms. The Balaban J connectivity index is 2.07. The molecule has 1 unspecified atom stereocenters. The van der Waals surface area contributed by atoms with Crippen LogP contribution < -0.4 is 5.32 Å². The highest BCUT2D eigenvalue weighted by molar-refractivity contribution is 5.47. The van der Waals surface area contributed by atoms with Crippen LogP contribution in [0.2, 0.25) is 0 Å². The first-order valence-electron chi connectivity index (χ1n) is 6.88. The van der Waals surface area contributed by atoms with Crippen molar-refractivity contribution in [3.63, 3.8) is 0 Å². The van der Waals surface area contributed by atoms with E-state index in [0.717, 1.165) is 18.3 Å². The lowest BCUT2D eigenvalue weighted by Crippen LogP contribution is -2.14. The SMILES string of the molecule is Cc1cc(NCC(O)c2cccc(C(F)(F)F)c2)ncc1[N+](=O)[O-]. The van der Waals surface area contributed by atoms with Gasteiger partial charge in [-0.25, -0.2) is 4.98 Å². The molecule has 0 aliphatic heterocycles. The van der Waals surface area contributed by atoms with E-state index < -0.39 is 22.8 Å². The van der Waals surface area contributed by atoms with E-state index in [2.05, 4.69) is 10.3 Å². The number of pyridine rings is 1. The Morgan fingerprint density at radius 1 is 1.38 bits per heavy atom. The molecule has 9 heteroatoms. The quantitative estimate of drug-likeness (QED) is 0.642. The van der Waals surface area contributed by atoms with Crippen LogP contribution in [-0.4, -0.2) is 21.6 Å². The molecule has 0 bridgehead atoms. The van der Waals surface area contributed by atoms with Gasteiger partial charge in [0.1, 0.15) is 12.0 Å². The minimum absolute atomic E-state index is 0.0917. The number of aryl methyl sites for hydroxylation is 1. The molecule has 2 aromatic rings. The summed E-state index contributed by atoms with van der Waals surface area (Å²) in [6.07, 6.45) is -4.60. The molecule has 128 valence electrons. The number of hydrogen-bond donors (Lipinski definition) is 2. The van der Waals surface area contributed by atoms with Crippen LogP contribution >= 0.6 is 0 Å². The van der Waals surface area contributed by atoms with E-state index in [9.17, 15) is 28.4 Å². The zero-order chi connectivity index (χ0) is 17.9. The molecule has 6 nitrogen and oxygen atoms in total. The molecule has 0 amide bonds. The van der Waals surface area contributed by atoms with Crippen LogP contribution in [0.15, 0.2) is 36.5 Å². The van der Waals surface area contributed by atoms with Crippen LogP contribution in [0.5, 0.6) is 0 Å². The zero-order valence-electron chi connectivity index (χ0n) is 12.5. The fraction of sp³-hybridized carbons (Fsp3) is 0.267. The first-order chi connectivity index (χ1) is 11.2. The number of nitro groups is 1. The molecule has 2 N–H and O–H groups in total. The Morgan fingerprint density at radius 3 is 2.67 bits per heavy atom. The lowest BCUT2D eigenvalue weighted by Gasteiger charge is -2.15. The third-order valence-electron chi connectivity index (χ3n) is 3.36. The molecule has 0 fully saturated rings. The van der Waals surface area contributed by atoms with Gasteiger partial charge in [0.05, 0.1) is 16.6 Å². The minimum Gasteiger partial charge on any atom is -0.387 e. The predicted molar refractivity (Wildman–Crippen MR) is 80.5 cm³/mol. The van der Waals surface area contributed by atoms with Crippen molar-refractivity contribution in [3.8, 4) is 0 Å². The molecule has 1 atom stereocenters. The second-order valence-corrected chi connectivity index (χ2v) is 5.13. The van der Waals surface area contributed by atoms with Crippen LogP contribution in [0.4, 0.5) is 24.7 Å². The number of nitrogens with one attached hydrogen (secondary N) is 1. The molecule has 0 saturated carbocycles. The Morgan fingerprint density at radius 2 is 2.08 bits per heavy atom. The first-order valence-corrected chi connectivity index (χ1v) is 6.88. The predicted octanol–water partition coefficient (Wildman–Crippen LogP) is 3.46. The van der Waals surface area contributed by atoms with Crippen molar-refractivity contribution in [3.05, 3.63) is 63.3 Å². The molecule has 1 heterocycles. The lowest BCUT2D eigenvalue weighted by atomic mass is 10.1. The highest BCUT2D eigenvalue weighted by Crippen LogP contribution is 2.30. The van der Waals surface area contributed by atoms with E-state index in [1.165, 1.54) is 25.1 Å². The molecule has 24 heavy (non-hydrogen) atoms. The monoisotopic (exact) mass is 341 g/mol. The van der Waals surface area contributed by atoms with Crippen LogP contribution in [0, 0.1) is 17.0 Å². The number of anilines is 1. The maximum Gasteiger partial charge on any atom is 0.416 e. The summed E-state index contributed by atoms with van der Waals surface area (Å²) in [5.74, 6) is 0.282.